The number of carbonyl (C=O) groups is 1. The van der Waals surface area contributed by atoms with Gasteiger partial charge in [0.05, 0.1) is 18.2 Å². The molecule has 32 heavy (non-hydrogen) atoms. The summed E-state index contributed by atoms with van der Waals surface area (Å²) in [4.78, 5) is 11.4. The molecule has 174 valence electrons. The summed E-state index contributed by atoms with van der Waals surface area (Å²) in [7, 11) is 1.09. The van der Waals surface area contributed by atoms with Crippen molar-refractivity contribution in [3.8, 4) is 11.5 Å². The largest absolute Gasteiger partial charge is 0.489 e. The molecule has 4 nitrogen and oxygen atoms in total. The highest BCUT2D eigenvalue weighted by Gasteiger charge is 2.35. The van der Waals surface area contributed by atoms with Crippen molar-refractivity contribution in [2.75, 3.05) is 26.1 Å². The van der Waals surface area contributed by atoms with Gasteiger partial charge < -0.3 is 14.2 Å². The number of esters is 1. The predicted molar refractivity (Wildman–Crippen MR) is 106 cm³/mol. The van der Waals surface area contributed by atoms with E-state index in [0.29, 0.717) is 5.57 Å². The van der Waals surface area contributed by atoms with Crippen LogP contribution in [0.3, 0.4) is 0 Å². The number of halogens is 6. The van der Waals surface area contributed by atoms with E-state index in [4.69, 9.17) is 9.47 Å². The van der Waals surface area contributed by atoms with Gasteiger partial charge in [0.15, 0.2) is 6.61 Å². The lowest BCUT2D eigenvalue weighted by molar-refractivity contribution is -0.145. The average Bonchev–Trinajstić information content (AvgIpc) is 2.73. The van der Waals surface area contributed by atoms with E-state index in [1.54, 1.807) is 0 Å². The Balaban J connectivity index is 1.94. The molecule has 0 aromatic heterocycles. The summed E-state index contributed by atoms with van der Waals surface area (Å²) in [5.74, 6) is -0.909. The molecule has 0 unspecified atom stereocenters. The second kappa shape index (κ2) is 10.7. The van der Waals surface area contributed by atoms with Gasteiger partial charge in [-0.05, 0) is 48.0 Å². The van der Waals surface area contributed by atoms with E-state index in [-0.39, 0.29) is 23.0 Å². The average molecular weight is 480 g/mol. The molecule has 0 aliphatic rings. The van der Waals surface area contributed by atoms with Gasteiger partial charge in [0, 0.05) is 10.6 Å². The molecule has 0 N–H and O–H groups in total. The second-order valence-corrected chi connectivity index (χ2v) is 7.42. The van der Waals surface area contributed by atoms with Crippen LogP contribution in [-0.2, 0) is 21.9 Å². The summed E-state index contributed by atoms with van der Waals surface area (Å²) >= 11 is 1.06. The van der Waals surface area contributed by atoms with Gasteiger partial charge in [-0.2, -0.15) is 26.3 Å². The maximum Gasteiger partial charge on any atom is 0.420 e. The summed E-state index contributed by atoms with van der Waals surface area (Å²) in [6, 6.07) is 7.51. The minimum atomic E-state index is -4.70. The van der Waals surface area contributed by atoms with Crippen LogP contribution in [0.1, 0.15) is 11.1 Å². The maximum absolute atomic E-state index is 13.3. The van der Waals surface area contributed by atoms with E-state index < -0.39 is 41.8 Å². The van der Waals surface area contributed by atoms with Crippen LogP contribution in [0.2, 0.25) is 0 Å². The van der Waals surface area contributed by atoms with Crippen LogP contribution in [0.4, 0.5) is 26.3 Å². The number of benzene rings is 2. The highest BCUT2D eigenvalue weighted by Crippen LogP contribution is 2.39. The molecule has 0 radical (unpaired) electrons. The molecule has 0 atom stereocenters. The van der Waals surface area contributed by atoms with Gasteiger partial charge in [-0.25, -0.2) is 4.79 Å². The second-order valence-electron chi connectivity index (χ2n) is 6.37. The Hall–Kier alpha value is -2.82. The van der Waals surface area contributed by atoms with Crippen molar-refractivity contribution in [1.29, 1.82) is 0 Å². The summed E-state index contributed by atoms with van der Waals surface area (Å²) in [5.41, 5.74) is -1.34. The number of hydrogen-bond donors (Lipinski definition) is 0. The first-order valence-corrected chi connectivity index (χ1v) is 9.89. The minimum absolute atomic E-state index is 0.0230. The fourth-order valence-corrected chi connectivity index (χ4v) is 3.11. The lowest BCUT2D eigenvalue weighted by Crippen LogP contribution is -2.15. The molecule has 0 fully saturated rings. The number of rotatable bonds is 9. The van der Waals surface area contributed by atoms with Gasteiger partial charge in [0.2, 0.25) is 0 Å². The van der Waals surface area contributed by atoms with E-state index in [1.807, 2.05) is 0 Å². The van der Waals surface area contributed by atoms with Crippen LogP contribution in [-0.4, -0.2) is 32.0 Å². The number of methoxy groups -OCH3 is 1. The van der Waals surface area contributed by atoms with Crippen molar-refractivity contribution in [1.82, 2.24) is 0 Å². The van der Waals surface area contributed by atoms with Crippen LogP contribution < -0.4 is 9.47 Å². The third-order valence-electron chi connectivity index (χ3n) is 3.90. The molecule has 0 amide bonds. The molecule has 0 heterocycles. The van der Waals surface area contributed by atoms with Crippen molar-refractivity contribution in [2.24, 2.45) is 0 Å². The Morgan fingerprint density at radius 3 is 2.16 bits per heavy atom. The summed E-state index contributed by atoms with van der Waals surface area (Å²) < 4.78 is 92.3. The minimum Gasteiger partial charge on any atom is -0.489 e. The van der Waals surface area contributed by atoms with E-state index in [2.05, 4.69) is 11.3 Å². The summed E-state index contributed by atoms with van der Waals surface area (Å²) in [6.45, 7) is 3.08. The maximum atomic E-state index is 13.3. The number of alkyl halides is 6. The predicted octanol–water partition coefficient (Wildman–Crippen LogP) is 6.00. The zero-order chi connectivity index (χ0) is 23.9. The lowest BCUT2D eigenvalue weighted by atomic mass is 10.2. The van der Waals surface area contributed by atoms with E-state index in [0.717, 1.165) is 43.1 Å². The van der Waals surface area contributed by atoms with E-state index >= 15 is 0 Å². The van der Waals surface area contributed by atoms with Gasteiger partial charge in [-0.1, -0.05) is 6.58 Å². The molecule has 2 aromatic rings. The Morgan fingerprint density at radius 1 is 0.938 bits per heavy atom. The van der Waals surface area contributed by atoms with Crippen molar-refractivity contribution in [3.63, 3.8) is 0 Å². The Morgan fingerprint density at radius 2 is 1.59 bits per heavy atom. The SMILES string of the molecule is C=C(COc1ccc(C(F)(F)F)cc1)CSc1ccc(OCC(=O)OC)c(C(F)(F)F)c1. The fraction of sp³-hybridized carbons (Fsp3) is 0.286. The Labute approximate surface area is 184 Å². The van der Waals surface area contributed by atoms with Crippen molar-refractivity contribution >= 4 is 17.7 Å². The van der Waals surface area contributed by atoms with Crippen LogP contribution in [0.15, 0.2) is 59.5 Å². The lowest BCUT2D eigenvalue weighted by Gasteiger charge is -2.15. The van der Waals surface area contributed by atoms with Gasteiger partial charge in [-0.15, -0.1) is 11.8 Å². The van der Waals surface area contributed by atoms with Gasteiger partial charge in [-0.3, -0.25) is 0 Å². The molecule has 0 aliphatic carbocycles. The molecule has 0 saturated carbocycles. The summed E-state index contributed by atoms with van der Waals surface area (Å²) in [6.07, 6.45) is -9.15. The normalized spacial score (nSPS) is 11.7. The zero-order valence-electron chi connectivity index (χ0n) is 16.7. The molecule has 0 spiro atoms. The smallest absolute Gasteiger partial charge is 0.420 e. The first-order valence-electron chi connectivity index (χ1n) is 8.90. The quantitative estimate of drug-likeness (QED) is 0.191. The van der Waals surface area contributed by atoms with Gasteiger partial charge in [0.25, 0.3) is 0 Å². The molecular weight excluding hydrogens is 462 g/mol. The van der Waals surface area contributed by atoms with Crippen molar-refractivity contribution in [3.05, 3.63) is 65.7 Å². The number of hydrogen-bond acceptors (Lipinski definition) is 5. The Kier molecular flexibility index (Phi) is 8.48. The molecule has 0 bridgehead atoms. The monoisotopic (exact) mass is 480 g/mol. The molecule has 11 heteroatoms. The molecule has 0 saturated heterocycles. The molecule has 2 rings (SSSR count). The first-order chi connectivity index (χ1) is 14.9. The van der Waals surface area contributed by atoms with Crippen molar-refractivity contribution < 1.29 is 45.3 Å². The molecule has 2 aromatic carbocycles. The third kappa shape index (κ3) is 7.70. The van der Waals surface area contributed by atoms with Gasteiger partial charge in [0.1, 0.15) is 18.1 Å². The number of ether oxygens (including phenoxy) is 3. The van der Waals surface area contributed by atoms with Crippen LogP contribution in [0, 0.1) is 0 Å². The van der Waals surface area contributed by atoms with Crippen molar-refractivity contribution in [2.45, 2.75) is 17.2 Å². The van der Waals surface area contributed by atoms with E-state index in [1.165, 1.54) is 18.2 Å². The number of carbonyl (C=O) groups excluding carboxylic acids is 1. The third-order valence-corrected chi connectivity index (χ3v) is 5.04. The van der Waals surface area contributed by atoms with Gasteiger partial charge >= 0.3 is 18.3 Å². The topological polar surface area (TPSA) is 44.8 Å². The zero-order valence-corrected chi connectivity index (χ0v) is 17.5. The summed E-state index contributed by atoms with van der Waals surface area (Å²) in [5, 5.41) is 0. The highest BCUT2D eigenvalue weighted by molar-refractivity contribution is 7.99. The van der Waals surface area contributed by atoms with E-state index in [9.17, 15) is 31.1 Å². The number of thioether (sulfide) groups is 1. The van der Waals surface area contributed by atoms with Crippen LogP contribution in [0.25, 0.3) is 0 Å². The first kappa shape index (κ1) is 25.4. The highest BCUT2D eigenvalue weighted by atomic mass is 32.2. The molecule has 0 aliphatic heterocycles. The fourth-order valence-electron chi connectivity index (χ4n) is 2.29. The molecular formula is C21H18F6O4S. The van der Waals surface area contributed by atoms with Crippen LogP contribution in [0.5, 0.6) is 11.5 Å². The standard InChI is InChI=1S/C21H18F6O4S/c1-13(10-30-15-5-3-14(4-6-15)20(22,23)24)12-32-16-7-8-18(31-11-19(28)29-2)17(9-16)21(25,26)27/h3-9H,1,10-12H2,2H3. The Bertz CT molecular complexity index is 939. The van der Waals surface area contributed by atoms with Crippen LogP contribution >= 0.6 is 11.8 Å².